The topological polar surface area (TPSA) is 29.1 Å². The highest BCUT2D eigenvalue weighted by atomic mass is 32.2. The highest BCUT2D eigenvalue weighted by molar-refractivity contribution is 7.85. The molecule has 0 aliphatic carbocycles. The fraction of sp³-hybridized carbons (Fsp3) is 0.571. The Kier molecular flexibility index (Phi) is 5.34. The molecule has 0 bridgehead atoms. The summed E-state index contributed by atoms with van der Waals surface area (Å²) in [6.45, 7) is 8.31. The predicted octanol–water partition coefficient (Wildman–Crippen LogP) is 2.80. The second-order valence-corrected chi connectivity index (χ2v) is 6.36. The van der Waals surface area contributed by atoms with Gasteiger partial charge in [0, 0.05) is 10.9 Å². The standard InChI is InChI=1S/C14H23NOS/c1-6-14(15-5)12(4)17(16)13-8-7-10(2)11(3)9-13/h7-9,12,14-15H,6H2,1-5H3. The first-order valence-electron chi connectivity index (χ1n) is 6.16. The van der Waals surface area contributed by atoms with Gasteiger partial charge in [0.2, 0.25) is 0 Å². The summed E-state index contributed by atoms with van der Waals surface area (Å²) in [4.78, 5) is 0.939. The second kappa shape index (κ2) is 6.31. The van der Waals surface area contributed by atoms with Gasteiger partial charge in [0.25, 0.3) is 0 Å². The Labute approximate surface area is 107 Å². The lowest BCUT2D eigenvalue weighted by Gasteiger charge is -2.21. The molecule has 1 aromatic rings. The average Bonchev–Trinajstić information content (AvgIpc) is 2.33. The molecule has 0 aliphatic rings. The Morgan fingerprint density at radius 1 is 1.29 bits per heavy atom. The van der Waals surface area contributed by atoms with Gasteiger partial charge in [-0.25, -0.2) is 0 Å². The van der Waals surface area contributed by atoms with E-state index in [0.717, 1.165) is 11.3 Å². The highest BCUT2D eigenvalue weighted by Gasteiger charge is 2.21. The number of hydrogen-bond acceptors (Lipinski definition) is 2. The minimum atomic E-state index is -0.939. The minimum Gasteiger partial charge on any atom is -0.316 e. The molecule has 3 atom stereocenters. The highest BCUT2D eigenvalue weighted by Crippen LogP contribution is 2.18. The van der Waals surface area contributed by atoms with E-state index in [-0.39, 0.29) is 5.25 Å². The molecule has 0 radical (unpaired) electrons. The van der Waals surface area contributed by atoms with Crippen LogP contribution < -0.4 is 5.32 Å². The maximum absolute atomic E-state index is 12.4. The van der Waals surface area contributed by atoms with Crippen molar-refractivity contribution in [2.45, 2.75) is 50.3 Å². The first kappa shape index (κ1) is 14.4. The van der Waals surface area contributed by atoms with Crippen LogP contribution >= 0.6 is 0 Å². The van der Waals surface area contributed by atoms with Gasteiger partial charge in [-0.2, -0.15) is 0 Å². The summed E-state index contributed by atoms with van der Waals surface area (Å²) in [6.07, 6.45) is 0.994. The molecule has 0 aromatic heterocycles. The third-order valence-corrected chi connectivity index (χ3v) is 5.15. The summed E-state index contributed by atoms with van der Waals surface area (Å²) in [7, 11) is 0.994. The van der Waals surface area contributed by atoms with Crippen molar-refractivity contribution in [2.75, 3.05) is 7.05 Å². The van der Waals surface area contributed by atoms with Crippen molar-refractivity contribution < 1.29 is 4.21 Å². The van der Waals surface area contributed by atoms with Crippen LogP contribution in [0.15, 0.2) is 23.1 Å². The number of benzene rings is 1. The van der Waals surface area contributed by atoms with Gasteiger partial charge in [-0.15, -0.1) is 0 Å². The fourth-order valence-electron chi connectivity index (χ4n) is 1.97. The zero-order chi connectivity index (χ0) is 13.0. The summed E-state index contributed by atoms with van der Waals surface area (Å²) in [5.41, 5.74) is 2.46. The van der Waals surface area contributed by atoms with Crippen molar-refractivity contribution in [1.29, 1.82) is 0 Å². The quantitative estimate of drug-likeness (QED) is 0.874. The van der Waals surface area contributed by atoms with Crippen LogP contribution in [0.2, 0.25) is 0 Å². The number of hydrogen-bond donors (Lipinski definition) is 1. The van der Waals surface area contributed by atoms with Gasteiger partial charge in [-0.3, -0.25) is 4.21 Å². The van der Waals surface area contributed by atoms with Crippen LogP contribution in [0.4, 0.5) is 0 Å². The predicted molar refractivity (Wildman–Crippen MR) is 74.9 cm³/mol. The number of aryl methyl sites for hydroxylation is 2. The van der Waals surface area contributed by atoms with Crippen molar-refractivity contribution in [3.63, 3.8) is 0 Å². The molecule has 17 heavy (non-hydrogen) atoms. The van der Waals surface area contributed by atoms with Crippen molar-refractivity contribution in [1.82, 2.24) is 5.32 Å². The van der Waals surface area contributed by atoms with E-state index in [1.807, 2.05) is 19.2 Å². The Morgan fingerprint density at radius 3 is 2.41 bits per heavy atom. The molecular formula is C14H23NOS. The molecular weight excluding hydrogens is 230 g/mol. The molecule has 96 valence electrons. The first-order chi connectivity index (χ1) is 8.01. The molecule has 3 heteroatoms. The Morgan fingerprint density at radius 2 is 1.94 bits per heavy atom. The molecule has 0 saturated heterocycles. The van der Waals surface area contributed by atoms with Gasteiger partial charge < -0.3 is 5.32 Å². The number of rotatable bonds is 5. The van der Waals surface area contributed by atoms with E-state index in [0.29, 0.717) is 6.04 Å². The molecule has 0 amide bonds. The molecule has 3 unspecified atom stereocenters. The largest absolute Gasteiger partial charge is 0.316 e. The summed E-state index contributed by atoms with van der Waals surface area (Å²) < 4.78 is 12.4. The van der Waals surface area contributed by atoms with Crippen LogP contribution in [0.3, 0.4) is 0 Å². The summed E-state index contributed by atoms with van der Waals surface area (Å²) in [5, 5.41) is 3.37. The summed E-state index contributed by atoms with van der Waals surface area (Å²) in [5.74, 6) is 0. The van der Waals surface area contributed by atoms with Crippen molar-refractivity contribution in [3.05, 3.63) is 29.3 Å². The molecule has 1 rings (SSSR count). The van der Waals surface area contributed by atoms with Gasteiger partial charge in [-0.1, -0.05) is 13.0 Å². The molecule has 0 aliphatic heterocycles. The van der Waals surface area contributed by atoms with Crippen LogP contribution in [0.5, 0.6) is 0 Å². The summed E-state index contributed by atoms with van der Waals surface area (Å²) in [6, 6.07) is 6.38. The SMILES string of the molecule is CCC(NC)C(C)S(=O)c1ccc(C)c(C)c1. The lowest BCUT2D eigenvalue weighted by atomic mass is 10.1. The smallest absolute Gasteiger partial charge is 0.0573 e. The fourth-order valence-corrected chi connectivity index (χ4v) is 3.52. The lowest BCUT2D eigenvalue weighted by Crippen LogP contribution is -2.37. The van der Waals surface area contributed by atoms with Gasteiger partial charge >= 0.3 is 0 Å². The van der Waals surface area contributed by atoms with Gasteiger partial charge in [0.05, 0.1) is 16.0 Å². The van der Waals surface area contributed by atoms with Gasteiger partial charge in [0.15, 0.2) is 0 Å². The molecule has 0 spiro atoms. The van der Waals surface area contributed by atoms with E-state index in [1.165, 1.54) is 11.1 Å². The molecule has 2 nitrogen and oxygen atoms in total. The molecule has 0 fully saturated rings. The van der Waals surface area contributed by atoms with Crippen LogP contribution in [0.1, 0.15) is 31.4 Å². The molecule has 0 heterocycles. The van der Waals surface area contributed by atoms with Crippen molar-refractivity contribution >= 4 is 10.8 Å². The van der Waals surface area contributed by atoms with Gasteiger partial charge in [-0.05, 0) is 57.5 Å². The molecule has 0 saturated carbocycles. The minimum absolute atomic E-state index is 0.132. The third kappa shape index (κ3) is 3.39. The molecule has 1 N–H and O–H groups in total. The monoisotopic (exact) mass is 253 g/mol. The van der Waals surface area contributed by atoms with Crippen molar-refractivity contribution in [3.8, 4) is 0 Å². The zero-order valence-corrected chi connectivity index (χ0v) is 12.2. The maximum atomic E-state index is 12.4. The molecule has 1 aromatic carbocycles. The van der Waals surface area contributed by atoms with Gasteiger partial charge in [0.1, 0.15) is 0 Å². The number of nitrogens with one attached hydrogen (secondary N) is 1. The Balaban J connectivity index is 2.92. The van der Waals surface area contributed by atoms with E-state index < -0.39 is 10.8 Å². The van der Waals surface area contributed by atoms with Crippen LogP contribution in [-0.4, -0.2) is 22.5 Å². The summed E-state index contributed by atoms with van der Waals surface area (Å²) >= 11 is 0. The Hall–Kier alpha value is -0.670. The maximum Gasteiger partial charge on any atom is 0.0573 e. The average molecular weight is 253 g/mol. The van der Waals surface area contributed by atoms with E-state index in [4.69, 9.17) is 0 Å². The normalized spacial score (nSPS) is 16.5. The zero-order valence-electron chi connectivity index (χ0n) is 11.4. The van der Waals surface area contributed by atoms with E-state index in [1.54, 1.807) is 0 Å². The first-order valence-corrected chi connectivity index (χ1v) is 7.37. The lowest BCUT2D eigenvalue weighted by molar-refractivity contribution is 0.529. The van der Waals surface area contributed by atoms with Crippen LogP contribution in [0.25, 0.3) is 0 Å². The van der Waals surface area contributed by atoms with E-state index >= 15 is 0 Å². The Bertz CT molecular complexity index is 399. The van der Waals surface area contributed by atoms with Crippen LogP contribution in [0, 0.1) is 13.8 Å². The van der Waals surface area contributed by atoms with E-state index in [2.05, 4.69) is 39.1 Å². The van der Waals surface area contributed by atoms with E-state index in [9.17, 15) is 4.21 Å². The second-order valence-electron chi connectivity index (χ2n) is 4.55. The van der Waals surface area contributed by atoms with Crippen molar-refractivity contribution in [2.24, 2.45) is 0 Å². The van der Waals surface area contributed by atoms with Crippen LogP contribution in [-0.2, 0) is 10.8 Å². The third-order valence-electron chi connectivity index (χ3n) is 3.43.